The summed E-state index contributed by atoms with van der Waals surface area (Å²) in [6, 6.07) is -0.432. The normalized spacial score (nSPS) is 11.5. The van der Waals surface area contributed by atoms with Crippen molar-refractivity contribution in [2.75, 3.05) is 33.8 Å². The van der Waals surface area contributed by atoms with Gasteiger partial charge in [0.05, 0.1) is 12.5 Å². The maximum Gasteiger partial charge on any atom is 0.317 e. The van der Waals surface area contributed by atoms with Gasteiger partial charge in [0.2, 0.25) is 5.91 Å². The zero-order valence-corrected chi connectivity index (χ0v) is 11.4. The number of carbonyl (C=O) groups excluding carboxylic acids is 2. The summed E-state index contributed by atoms with van der Waals surface area (Å²) in [5.41, 5.74) is 0. The molecule has 0 aliphatic heterocycles. The Hall–Kier alpha value is -1.83. The molecule has 1 unspecified atom stereocenters. The number of nitrogens with zero attached hydrogens (tertiary/aromatic N) is 1. The van der Waals surface area contributed by atoms with Crippen LogP contribution < -0.4 is 10.6 Å². The van der Waals surface area contributed by atoms with E-state index in [4.69, 9.17) is 9.84 Å². The molecule has 110 valence electrons. The van der Waals surface area contributed by atoms with Gasteiger partial charge in [-0.15, -0.1) is 0 Å². The quantitative estimate of drug-likeness (QED) is 0.540. The third-order valence-corrected chi connectivity index (χ3v) is 2.50. The number of hydrogen-bond donors (Lipinski definition) is 3. The number of rotatable bonds is 8. The molecule has 0 aromatic carbocycles. The molecule has 8 heteroatoms. The molecule has 0 aliphatic rings. The molecule has 0 aromatic rings. The number of likely N-dealkylation sites (N-methyl/N-ethyl adjacent to an activating group) is 2. The maximum atomic E-state index is 11.8. The first-order chi connectivity index (χ1) is 8.94. The minimum absolute atomic E-state index is 0.0462. The van der Waals surface area contributed by atoms with Gasteiger partial charge in [-0.25, -0.2) is 4.79 Å². The summed E-state index contributed by atoms with van der Waals surface area (Å²) >= 11 is 0. The molecule has 0 spiro atoms. The van der Waals surface area contributed by atoms with Gasteiger partial charge in [-0.3, -0.25) is 9.59 Å². The standard InChI is InChI=1S/C11H21N3O5/c1-4-14(7-9(15)12-2)11(18)13-6-8(19-3)5-10(16)17/h8H,4-7H2,1-3H3,(H,12,15)(H,13,18)(H,16,17). The number of ether oxygens (including phenoxy) is 1. The first kappa shape index (κ1) is 17.2. The fraction of sp³-hybridized carbons (Fsp3) is 0.727. The van der Waals surface area contributed by atoms with E-state index in [0.29, 0.717) is 6.54 Å². The van der Waals surface area contributed by atoms with Gasteiger partial charge in [0.1, 0.15) is 6.54 Å². The Morgan fingerprint density at radius 1 is 1.37 bits per heavy atom. The minimum atomic E-state index is -1.00. The second kappa shape index (κ2) is 9.15. The number of carboxylic acid groups (broad SMARTS) is 1. The van der Waals surface area contributed by atoms with Crippen LogP contribution in [-0.4, -0.2) is 67.8 Å². The lowest BCUT2D eigenvalue weighted by atomic mass is 10.2. The Morgan fingerprint density at radius 3 is 2.42 bits per heavy atom. The molecule has 0 saturated heterocycles. The van der Waals surface area contributed by atoms with Crippen molar-refractivity contribution in [3.05, 3.63) is 0 Å². The molecule has 3 amide bonds. The highest BCUT2D eigenvalue weighted by molar-refractivity contribution is 5.83. The summed E-state index contributed by atoms with van der Waals surface area (Å²) in [6.07, 6.45) is -0.793. The molecule has 3 N–H and O–H groups in total. The number of hydrogen-bond acceptors (Lipinski definition) is 4. The van der Waals surface area contributed by atoms with E-state index in [2.05, 4.69) is 10.6 Å². The second-order valence-corrected chi connectivity index (χ2v) is 3.83. The van der Waals surface area contributed by atoms with Crippen LogP contribution in [0.3, 0.4) is 0 Å². The molecule has 0 heterocycles. The van der Waals surface area contributed by atoms with Crippen molar-refractivity contribution in [1.82, 2.24) is 15.5 Å². The zero-order valence-electron chi connectivity index (χ0n) is 11.4. The van der Waals surface area contributed by atoms with Crippen LogP contribution >= 0.6 is 0 Å². The van der Waals surface area contributed by atoms with Crippen LogP contribution in [0, 0.1) is 0 Å². The van der Waals surface area contributed by atoms with E-state index in [1.807, 2.05) is 0 Å². The van der Waals surface area contributed by atoms with Gasteiger partial charge in [-0.05, 0) is 6.92 Å². The Balaban J connectivity index is 4.25. The van der Waals surface area contributed by atoms with Crippen LogP contribution in [0.4, 0.5) is 4.79 Å². The molecule has 8 nitrogen and oxygen atoms in total. The number of aliphatic carboxylic acids is 1. The summed E-state index contributed by atoms with van der Waals surface area (Å²) in [5.74, 6) is -1.27. The Morgan fingerprint density at radius 2 is 2.00 bits per heavy atom. The van der Waals surface area contributed by atoms with Crippen molar-refractivity contribution in [3.63, 3.8) is 0 Å². The van der Waals surface area contributed by atoms with Crippen LogP contribution in [0.2, 0.25) is 0 Å². The predicted octanol–water partition coefficient (Wildman–Crippen LogP) is -0.746. The lowest BCUT2D eigenvalue weighted by molar-refractivity contribution is -0.139. The van der Waals surface area contributed by atoms with Gasteiger partial charge in [0.25, 0.3) is 0 Å². The summed E-state index contributed by atoms with van der Waals surface area (Å²) in [6.45, 7) is 2.14. The first-order valence-electron chi connectivity index (χ1n) is 5.92. The molecule has 0 radical (unpaired) electrons. The fourth-order valence-corrected chi connectivity index (χ4v) is 1.33. The summed E-state index contributed by atoms with van der Waals surface area (Å²) in [7, 11) is 2.86. The molecule has 19 heavy (non-hydrogen) atoms. The van der Waals surface area contributed by atoms with Crippen molar-refractivity contribution in [1.29, 1.82) is 0 Å². The van der Waals surface area contributed by atoms with E-state index in [0.717, 1.165) is 0 Å². The van der Waals surface area contributed by atoms with E-state index < -0.39 is 18.1 Å². The molecular weight excluding hydrogens is 254 g/mol. The number of urea groups is 1. The number of amides is 3. The lowest BCUT2D eigenvalue weighted by Crippen LogP contribution is -2.47. The first-order valence-corrected chi connectivity index (χ1v) is 5.92. The van der Waals surface area contributed by atoms with Crippen molar-refractivity contribution in [3.8, 4) is 0 Å². The topological polar surface area (TPSA) is 108 Å². The maximum absolute atomic E-state index is 11.8. The molecule has 0 aromatic heterocycles. The summed E-state index contributed by atoms with van der Waals surface area (Å²) in [4.78, 5) is 34.8. The van der Waals surface area contributed by atoms with E-state index in [-0.39, 0.29) is 25.4 Å². The lowest BCUT2D eigenvalue weighted by Gasteiger charge is -2.22. The van der Waals surface area contributed by atoms with Gasteiger partial charge >= 0.3 is 12.0 Å². The number of nitrogens with one attached hydrogen (secondary N) is 2. The molecule has 0 fully saturated rings. The zero-order chi connectivity index (χ0) is 14.8. The Labute approximate surface area is 112 Å². The largest absolute Gasteiger partial charge is 0.481 e. The third kappa shape index (κ3) is 7.24. The van der Waals surface area contributed by atoms with Crippen LogP contribution in [0.1, 0.15) is 13.3 Å². The van der Waals surface area contributed by atoms with Crippen molar-refractivity contribution in [2.24, 2.45) is 0 Å². The highest BCUT2D eigenvalue weighted by Crippen LogP contribution is 1.97. The molecule has 0 rings (SSSR count). The van der Waals surface area contributed by atoms with E-state index in [1.54, 1.807) is 6.92 Å². The highest BCUT2D eigenvalue weighted by atomic mass is 16.5. The molecule has 0 bridgehead atoms. The monoisotopic (exact) mass is 275 g/mol. The van der Waals surface area contributed by atoms with E-state index >= 15 is 0 Å². The summed E-state index contributed by atoms with van der Waals surface area (Å²) in [5, 5.41) is 13.6. The Kier molecular flexibility index (Phi) is 8.27. The number of methoxy groups -OCH3 is 1. The van der Waals surface area contributed by atoms with Crippen LogP contribution in [0.5, 0.6) is 0 Å². The van der Waals surface area contributed by atoms with E-state index in [9.17, 15) is 14.4 Å². The molecule has 0 aliphatic carbocycles. The van der Waals surface area contributed by atoms with Gasteiger partial charge in [-0.2, -0.15) is 0 Å². The van der Waals surface area contributed by atoms with Crippen molar-refractivity contribution in [2.45, 2.75) is 19.4 Å². The second-order valence-electron chi connectivity index (χ2n) is 3.83. The van der Waals surface area contributed by atoms with Crippen LogP contribution in [0.25, 0.3) is 0 Å². The Bertz CT molecular complexity index is 321. The van der Waals surface area contributed by atoms with Crippen molar-refractivity contribution < 1.29 is 24.2 Å². The smallest absolute Gasteiger partial charge is 0.317 e. The summed E-state index contributed by atoms with van der Waals surface area (Å²) < 4.78 is 4.93. The number of carboxylic acids is 1. The van der Waals surface area contributed by atoms with Gasteiger partial charge in [0, 0.05) is 27.2 Å². The SMILES string of the molecule is CCN(CC(=O)NC)C(=O)NCC(CC(=O)O)OC. The molecule has 1 atom stereocenters. The molecular formula is C11H21N3O5. The fourth-order valence-electron chi connectivity index (χ4n) is 1.33. The number of carbonyl (C=O) groups is 3. The van der Waals surface area contributed by atoms with Gasteiger partial charge in [-0.1, -0.05) is 0 Å². The third-order valence-electron chi connectivity index (χ3n) is 2.50. The average Bonchev–Trinajstić information content (AvgIpc) is 2.39. The van der Waals surface area contributed by atoms with E-state index in [1.165, 1.54) is 19.1 Å². The van der Waals surface area contributed by atoms with Crippen LogP contribution in [0.15, 0.2) is 0 Å². The average molecular weight is 275 g/mol. The van der Waals surface area contributed by atoms with Crippen molar-refractivity contribution >= 4 is 17.9 Å². The van der Waals surface area contributed by atoms with Crippen LogP contribution in [-0.2, 0) is 14.3 Å². The minimum Gasteiger partial charge on any atom is -0.481 e. The predicted molar refractivity (Wildman–Crippen MR) is 67.8 cm³/mol. The highest BCUT2D eigenvalue weighted by Gasteiger charge is 2.17. The van der Waals surface area contributed by atoms with Gasteiger partial charge in [0.15, 0.2) is 0 Å². The van der Waals surface area contributed by atoms with Gasteiger partial charge < -0.3 is 25.4 Å². The molecule has 0 saturated carbocycles.